The van der Waals surface area contributed by atoms with Gasteiger partial charge in [0.05, 0.1) is 16.0 Å². The van der Waals surface area contributed by atoms with Crippen molar-refractivity contribution in [2.75, 3.05) is 11.1 Å². The van der Waals surface area contributed by atoms with Crippen LogP contribution in [-0.2, 0) is 10.5 Å². The van der Waals surface area contributed by atoms with Gasteiger partial charge in [-0.1, -0.05) is 52.7 Å². The first-order valence-corrected chi connectivity index (χ1v) is 9.52. The van der Waals surface area contributed by atoms with Crippen LogP contribution >= 0.6 is 46.3 Å². The number of para-hydroxylation sites is 1. The zero-order chi connectivity index (χ0) is 16.2. The van der Waals surface area contributed by atoms with Crippen LogP contribution < -0.4 is 5.32 Å². The van der Waals surface area contributed by atoms with Crippen molar-refractivity contribution in [3.05, 3.63) is 58.1 Å². The van der Waals surface area contributed by atoms with Gasteiger partial charge in [0.15, 0.2) is 5.13 Å². The van der Waals surface area contributed by atoms with E-state index < -0.39 is 0 Å². The second-order valence-electron chi connectivity index (χ2n) is 4.73. The van der Waals surface area contributed by atoms with Crippen molar-refractivity contribution in [1.29, 1.82) is 0 Å². The van der Waals surface area contributed by atoms with Crippen molar-refractivity contribution in [3.8, 4) is 0 Å². The number of halogens is 2. The lowest BCUT2D eigenvalue weighted by Crippen LogP contribution is -2.13. The minimum Gasteiger partial charge on any atom is -0.301 e. The molecule has 0 saturated carbocycles. The van der Waals surface area contributed by atoms with Gasteiger partial charge < -0.3 is 5.32 Å². The molecule has 1 amide bonds. The average Bonchev–Trinajstić information content (AvgIpc) is 2.92. The largest absolute Gasteiger partial charge is 0.301 e. The van der Waals surface area contributed by atoms with Gasteiger partial charge in [-0.2, -0.15) is 0 Å². The van der Waals surface area contributed by atoms with E-state index in [0.717, 1.165) is 15.8 Å². The summed E-state index contributed by atoms with van der Waals surface area (Å²) in [6.07, 6.45) is 0. The summed E-state index contributed by atoms with van der Waals surface area (Å²) in [5, 5.41) is 4.69. The van der Waals surface area contributed by atoms with Gasteiger partial charge in [-0.15, -0.1) is 11.8 Å². The van der Waals surface area contributed by atoms with Crippen LogP contribution in [0.15, 0.2) is 42.5 Å². The first-order valence-electron chi connectivity index (χ1n) is 6.79. The summed E-state index contributed by atoms with van der Waals surface area (Å²) < 4.78 is 1.05. The molecular formula is C16H12Cl2N2OS2. The maximum atomic E-state index is 12.0. The molecule has 2 aromatic carbocycles. The number of hydrogen-bond donors (Lipinski definition) is 1. The average molecular weight is 383 g/mol. The topological polar surface area (TPSA) is 42.0 Å². The Morgan fingerprint density at radius 1 is 1.13 bits per heavy atom. The minimum atomic E-state index is -0.0859. The first-order chi connectivity index (χ1) is 11.1. The smallest absolute Gasteiger partial charge is 0.236 e. The lowest BCUT2D eigenvalue weighted by atomic mass is 10.2. The predicted octanol–water partition coefficient (Wildman–Crippen LogP) is 5.48. The predicted molar refractivity (Wildman–Crippen MR) is 101 cm³/mol. The van der Waals surface area contributed by atoms with E-state index in [9.17, 15) is 4.79 Å². The van der Waals surface area contributed by atoms with Crippen LogP contribution in [0.3, 0.4) is 0 Å². The van der Waals surface area contributed by atoms with E-state index in [1.165, 1.54) is 23.1 Å². The van der Waals surface area contributed by atoms with Crippen molar-refractivity contribution in [1.82, 2.24) is 4.98 Å². The quantitative estimate of drug-likeness (QED) is 0.635. The molecule has 0 aliphatic heterocycles. The molecule has 0 spiro atoms. The summed E-state index contributed by atoms with van der Waals surface area (Å²) in [4.78, 5) is 16.4. The highest BCUT2D eigenvalue weighted by Gasteiger charge is 2.10. The Kier molecular flexibility index (Phi) is 5.43. The highest BCUT2D eigenvalue weighted by Crippen LogP contribution is 2.29. The summed E-state index contributed by atoms with van der Waals surface area (Å²) in [6.45, 7) is 0. The van der Waals surface area contributed by atoms with Crippen molar-refractivity contribution in [2.24, 2.45) is 0 Å². The lowest BCUT2D eigenvalue weighted by molar-refractivity contribution is -0.113. The molecule has 0 saturated heterocycles. The van der Waals surface area contributed by atoms with E-state index in [4.69, 9.17) is 23.2 Å². The maximum absolute atomic E-state index is 12.0. The van der Waals surface area contributed by atoms with E-state index in [-0.39, 0.29) is 5.91 Å². The molecule has 1 N–H and O–H groups in total. The number of amides is 1. The minimum absolute atomic E-state index is 0.0859. The number of carbonyl (C=O) groups excluding carboxylic acids is 1. The molecule has 1 heterocycles. The lowest BCUT2D eigenvalue weighted by Gasteiger charge is -2.06. The van der Waals surface area contributed by atoms with Crippen LogP contribution in [0.25, 0.3) is 10.2 Å². The third-order valence-corrected chi connectivity index (χ3v) is 5.70. The van der Waals surface area contributed by atoms with Crippen molar-refractivity contribution in [3.63, 3.8) is 0 Å². The third-order valence-electron chi connectivity index (χ3n) is 3.08. The summed E-state index contributed by atoms with van der Waals surface area (Å²) in [6, 6.07) is 13.2. The Morgan fingerprint density at radius 3 is 2.61 bits per heavy atom. The second-order valence-corrected chi connectivity index (χ2v) is 7.56. The van der Waals surface area contributed by atoms with Gasteiger partial charge in [0.25, 0.3) is 0 Å². The molecule has 0 fully saturated rings. The van der Waals surface area contributed by atoms with Gasteiger partial charge in [0, 0.05) is 15.8 Å². The molecule has 3 aromatic rings. The molecule has 23 heavy (non-hydrogen) atoms. The summed E-state index contributed by atoms with van der Waals surface area (Å²) in [7, 11) is 0. The molecule has 0 aliphatic carbocycles. The number of nitrogens with zero attached hydrogens (tertiary/aromatic N) is 1. The molecular weight excluding hydrogens is 371 g/mol. The molecule has 7 heteroatoms. The third kappa shape index (κ3) is 4.18. The van der Waals surface area contributed by atoms with Crippen LogP contribution in [0.1, 0.15) is 5.56 Å². The van der Waals surface area contributed by atoms with Gasteiger partial charge in [-0.25, -0.2) is 4.98 Å². The second kappa shape index (κ2) is 7.53. The number of benzene rings is 2. The van der Waals surface area contributed by atoms with E-state index in [1.807, 2.05) is 24.3 Å². The molecule has 118 valence electrons. The zero-order valence-electron chi connectivity index (χ0n) is 11.9. The maximum Gasteiger partial charge on any atom is 0.236 e. The monoisotopic (exact) mass is 382 g/mol. The number of fused-ring (bicyclic) bond motifs is 1. The van der Waals surface area contributed by atoms with Gasteiger partial charge in [0.1, 0.15) is 0 Å². The molecule has 3 nitrogen and oxygen atoms in total. The number of anilines is 1. The fourth-order valence-electron chi connectivity index (χ4n) is 2.00. The van der Waals surface area contributed by atoms with Crippen molar-refractivity contribution < 1.29 is 4.79 Å². The highest BCUT2D eigenvalue weighted by atomic mass is 35.5. The Bertz CT molecular complexity index is 798. The summed E-state index contributed by atoms with van der Waals surface area (Å²) in [5.74, 6) is 0.820. The standard InChI is InChI=1S/C16H12Cl2N2OS2/c17-11-4-3-5-12(18)10(11)8-22-9-15(21)20-16-19-13-6-1-2-7-14(13)23-16/h1-7H,8-9H2,(H,19,20,21). The Balaban J connectivity index is 1.55. The Hall–Kier alpha value is -1.27. The summed E-state index contributed by atoms with van der Waals surface area (Å²) in [5.41, 5.74) is 1.75. The van der Waals surface area contributed by atoms with Crippen LogP contribution in [0, 0.1) is 0 Å². The van der Waals surface area contributed by atoms with Gasteiger partial charge >= 0.3 is 0 Å². The number of hydrogen-bond acceptors (Lipinski definition) is 4. The van der Waals surface area contributed by atoms with Crippen LogP contribution in [0.2, 0.25) is 10.0 Å². The fourth-order valence-corrected chi connectivity index (χ4v) is 4.44. The molecule has 0 atom stereocenters. The summed E-state index contributed by atoms with van der Waals surface area (Å²) >= 11 is 15.2. The normalized spacial score (nSPS) is 10.9. The van der Waals surface area contributed by atoms with Crippen LogP contribution in [0.4, 0.5) is 5.13 Å². The first kappa shape index (κ1) is 16.6. The van der Waals surface area contributed by atoms with Gasteiger partial charge in [-0.3, -0.25) is 4.79 Å². The molecule has 0 unspecified atom stereocenters. The highest BCUT2D eigenvalue weighted by molar-refractivity contribution is 7.99. The number of thiazole rings is 1. The van der Waals surface area contributed by atoms with E-state index in [0.29, 0.717) is 26.7 Å². The SMILES string of the molecule is O=C(CSCc1c(Cl)cccc1Cl)Nc1nc2ccccc2s1. The fraction of sp³-hybridized carbons (Fsp3) is 0.125. The molecule has 3 rings (SSSR count). The van der Waals surface area contributed by atoms with E-state index >= 15 is 0 Å². The number of carbonyl (C=O) groups is 1. The Labute approximate surface area is 152 Å². The van der Waals surface area contributed by atoms with Crippen molar-refractivity contribution in [2.45, 2.75) is 5.75 Å². The van der Waals surface area contributed by atoms with E-state index in [1.54, 1.807) is 18.2 Å². The van der Waals surface area contributed by atoms with E-state index in [2.05, 4.69) is 10.3 Å². The van der Waals surface area contributed by atoms with Gasteiger partial charge in [-0.05, 0) is 29.8 Å². The molecule has 0 radical (unpaired) electrons. The number of aromatic nitrogens is 1. The van der Waals surface area contributed by atoms with Crippen LogP contribution in [-0.4, -0.2) is 16.6 Å². The number of nitrogens with one attached hydrogen (secondary N) is 1. The van der Waals surface area contributed by atoms with Crippen molar-refractivity contribution >= 4 is 67.6 Å². The zero-order valence-corrected chi connectivity index (χ0v) is 15.0. The molecule has 0 bridgehead atoms. The number of thioether (sulfide) groups is 1. The van der Waals surface area contributed by atoms with Gasteiger partial charge in [0.2, 0.25) is 5.91 Å². The Morgan fingerprint density at radius 2 is 1.87 bits per heavy atom. The molecule has 0 aliphatic rings. The van der Waals surface area contributed by atoms with Crippen LogP contribution in [0.5, 0.6) is 0 Å². The molecule has 1 aromatic heterocycles. The number of rotatable bonds is 5.